The summed E-state index contributed by atoms with van der Waals surface area (Å²) in [6.45, 7) is 0. The number of carbonyl (C=O) groups is 1. The van der Waals surface area contributed by atoms with E-state index in [9.17, 15) is 4.79 Å². The van der Waals surface area contributed by atoms with Gasteiger partial charge in [0, 0.05) is 18.4 Å². The fraction of sp³-hybridized carbons (Fsp3) is 0.389. The predicted octanol–water partition coefficient (Wildman–Crippen LogP) is 3.65. The SMILES string of the molecule is COc1nccnc1OC1CCC(NC(=O)Nc2ccccc2Cl)CC1. The van der Waals surface area contributed by atoms with E-state index in [0.29, 0.717) is 22.5 Å². The molecule has 0 spiro atoms. The summed E-state index contributed by atoms with van der Waals surface area (Å²) in [5, 5.41) is 6.27. The van der Waals surface area contributed by atoms with Crippen LogP contribution in [0, 0.1) is 0 Å². The Morgan fingerprint density at radius 1 is 1.12 bits per heavy atom. The van der Waals surface area contributed by atoms with Crippen LogP contribution in [0.15, 0.2) is 36.7 Å². The largest absolute Gasteiger partial charge is 0.477 e. The van der Waals surface area contributed by atoms with Crippen LogP contribution in [0.2, 0.25) is 5.02 Å². The number of aromatic nitrogens is 2. The quantitative estimate of drug-likeness (QED) is 0.831. The van der Waals surface area contributed by atoms with Crippen LogP contribution in [0.4, 0.5) is 10.5 Å². The number of para-hydroxylation sites is 1. The molecule has 8 heteroatoms. The van der Waals surface area contributed by atoms with E-state index in [2.05, 4.69) is 20.6 Å². The van der Waals surface area contributed by atoms with Crippen LogP contribution in [0.1, 0.15) is 25.7 Å². The molecule has 2 N–H and O–H groups in total. The second-order valence-electron chi connectivity index (χ2n) is 6.04. The lowest BCUT2D eigenvalue weighted by Gasteiger charge is -2.29. The molecule has 1 aromatic heterocycles. The molecular formula is C18H21ClN4O3. The first-order valence-electron chi connectivity index (χ1n) is 8.49. The van der Waals surface area contributed by atoms with E-state index in [-0.39, 0.29) is 18.2 Å². The fourth-order valence-corrected chi connectivity index (χ4v) is 3.11. The maximum Gasteiger partial charge on any atom is 0.319 e. The lowest BCUT2D eigenvalue weighted by molar-refractivity contribution is 0.129. The third-order valence-electron chi connectivity index (χ3n) is 4.24. The summed E-state index contributed by atoms with van der Waals surface area (Å²) in [6, 6.07) is 6.99. The second-order valence-corrected chi connectivity index (χ2v) is 6.45. The van der Waals surface area contributed by atoms with Crippen LogP contribution in [-0.4, -0.2) is 35.3 Å². The van der Waals surface area contributed by atoms with E-state index < -0.39 is 0 Å². The number of nitrogens with one attached hydrogen (secondary N) is 2. The van der Waals surface area contributed by atoms with Crippen LogP contribution in [0.5, 0.6) is 11.8 Å². The van der Waals surface area contributed by atoms with Crippen LogP contribution < -0.4 is 20.1 Å². The summed E-state index contributed by atoms with van der Waals surface area (Å²) >= 11 is 6.05. The van der Waals surface area contributed by atoms with Crippen molar-refractivity contribution in [3.05, 3.63) is 41.7 Å². The van der Waals surface area contributed by atoms with Crippen molar-refractivity contribution in [2.75, 3.05) is 12.4 Å². The summed E-state index contributed by atoms with van der Waals surface area (Å²) in [4.78, 5) is 20.4. The molecule has 2 aromatic rings. The molecule has 1 aliphatic rings. The molecule has 1 heterocycles. The third-order valence-corrected chi connectivity index (χ3v) is 4.57. The minimum Gasteiger partial charge on any atom is -0.477 e. The fourth-order valence-electron chi connectivity index (χ4n) is 2.92. The second kappa shape index (κ2) is 8.71. The summed E-state index contributed by atoms with van der Waals surface area (Å²) in [7, 11) is 1.54. The number of benzene rings is 1. The molecule has 3 rings (SSSR count). The number of methoxy groups -OCH3 is 1. The highest BCUT2D eigenvalue weighted by molar-refractivity contribution is 6.33. The zero-order valence-electron chi connectivity index (χ0n) is 14.4. The Bertz CT molecular complexity index is 751. The zero-order valence-corrected chi connectivity index (χ0v) is 15.2. The minimum absolute atomic E-state index is 0.0327. The molecule has 138 valence electrons. The molecule has 0 bridgehead atoms. The molecule has 0 radical (unpaired) electrons. The Labute approximate surface area is 157 Å². The third kappa shape index (κ3) is 4.76. The number of anilines is 1. The molecule has 1 fully saturated rings. The molecule has 1 aromatic carbocycles. The number of amides is 2. The first-order chi connectivity index (χ1) is 12.7. The number of rotatable bonds is 5. The zero-order chi connectivity index (χ0) is 18.4. The van der Waals surface area contributed by atoms with Crippen molar-refractivity contribution in [1.82, 2.24) is 15.3 Å². The normalized spacial score (nSPS) is 19.5. The molecular weight excluding hydrogens is 356 g/mol. The number of ether oxygens (including phenoxy) is 2. The number of carbonyl (C=O) groups excluding carboxylic acids is 1. The van der Waals surface area contributed by atoms with Crippen molar-refractivity contribution in [3.8, 4) is 11.8 Å². The van der Waals surface area contributed by atoms with E-state index in [1.807, 2.05) is 12.1 Å². The van der Waals surface area contributed by atoms with Gasteiger partial charge in [0.1, 0.15) is 6.10 Å². The van der Waals surface area contributed by atoms with Gasteiger partial charge in [0.2, 0.25) is 0 Å². The summed E-state index contributed by atoms with van der Waals surface area (Å²) < 4.78 is 11.0. The highest BCUT2D eigenvalue weighted by atomic mass is 35.5. The topological polar surface area (TPSA) is 85.4 Å². The van der Waals surface area contributed by atoms with Crippen molar-refractivity contribution in [3.63, 3.8) is 0 Å². The Morgan fingerprint density at radius 3 is 2.50 bits per heavy atom. The Kier molecular flexibility index (Phi) is 6.12. The van der Waals surface area contributed by atoms with Crippen molar-refractivity contribution in [1.29, 1.82) is 0 Å². The molecule has 26 heavy (non-hydrogen) atoms. The van der Waals surface area contributed by atoms with Gasteiger partial charge < -0.3 is 20.1 Å². The first-order valence-corrected chi connectivity index (χ1v) is 8.87. The summed E-state index contributed by atoms with van der Waals surface area (Å²) in [5.41, 5.74) is 0.596. The van der Waals surface area contributed by atoms with Gasteiger partial charge in [-0.15, -0.1) is 0 Å². The Morgan fingerprint density at radius 2 is 1.81 bits per heavy atom. The van der Waals surface area contributed by atoms with E-state index in [4.69, 9.17) is 21.1 Å². The first kappa shape index (κ1) is 18.3. The number of hydrogen-bond acceptors (Lipinski definition) is 5. The number of halogens is 1. The molecule has 2 amide bonds. The van der Waals surface area contributed by atoms with Gasteiger partial charge >= 0.3 is 6.03 Å². The van der Waals surface area contributed by atoms with Gasteiger partial charge in [-0.25, -0.2) is 14.8 Å². The van der Waals surface area contributed by atoms with E-state index in [0.717, 1.165) is 25.7 Å². The van der Waals surface area contributed by atoms with E-state index in [1.165, 1.54) is 7.11 Å². The van der Waals surface area contributed by atoms with E-state index in [1.54, 1.807) is 24.5 Å². The van der Waals surface area contributed by atoms with Gasteiger partial charge in [-0.1, -0.05) is 23.7 Å². The van der Waals surface area contributed by atoms with Gasteiger partial charge in [-0.2, -0.15) is 0 Å². The molecule has 1 aliphatic carbocycles. The van der Waals surface area contributed by atoms with Gasteiger partial charge in [-0.05, 0) is 37.8 Å². The number of nitrogens with zero attached hydrogens (tertiary/aromatic N) is 2. The van der Waals surface area contributed by atoms with Crippen LogP contribution in [-0.2, 0) is 0 Å². The molecule has 0 saturated heterocycles. The monoisotopic (exact) mass is 376 g/mol. The molecule has 0 atom stereocenters. The Balaban J connectivity index is 1.46. The summed E-state index contributed by atoms with van der Waals surface area (Å²) in [5.74, 6) is 0.787. The number of urea groups is 1. The Hall–Kier alpha value is -2.54. The average molecular weight is 377 g/mol. The average Bonchev–Trinajstić information content (AvgIpc) is 2.66. The maximum absolute atomic E-state index is 12.1. The van der Waals surface area contributed by atoms with Gasteiger partial charge in [0.05, 0.1) is 17.8 Å². The molecule has 1 saturated carbocycles. The van der Waals surface area contributed by atoms with E-state index >= 15 is 0 Å². The predicted molar refractivity (Wildman–Crippen MR) is 98.9 cm³/mol. The molecule has 0 unspecified atom stereocenters. The van der Waals surface area contributed by atoms with Crippen LogP contribution in [0.25, 0.3) is 0 Å². The maximum atomic E-state index is 12.1. The van der Waals surface area contributed by atoms with Gasteiger partial charge in [0.15, 0.2) is 0 Å². The van der Waals surface area contributed by atoms with Crippen molar-refractivity contribution < 1.29 is 14.3 Å². The smallest absolute Gasteiger partial charge is 0.319 e. The standard InChI is InChI=1S/C18H21ClN4O3/c1-25-16-17(21-11-10-20-16)26-13-8-6-12(7-9-13)22-18(24)23-15-5-3-2-4-14(15)19/h2-5,10-13H,6-9H2,1H3,(H2,22,23,24). The van der Waals surface area contributed by atoms with Crippen LogP contribution in [0.3, 0.4) is 0 Å². The molecule has 0 aliphatic heterocycles. The summed E-state index contributed by atoms with van der Waals surface area (Å²) in [6.07, 6.45) is 6.44. The highest BCUT2D eigenvalue weighted by Crippen LogP contribution is 2.27. The van der Waals surface area contributed by atoms with Crippen molar-refractivity contribution in [2.24, 2.45) is 0 Å². The lowest BCUT2D eigenvalue weighted by atomic mass is 9.93. The number of hydrogen-bond donors (Lipinski definition) is 2. The van der Waals surface area contributed by atoms with Gasteiger partial charge in [0.25, 0.3) is 11.8 Å². The minimum atomic E-state index is -0.252. The van der Waals surface area contributed by atoms with Gasteiger partial charge in [-0.3, -0.25) is 0 Å². The van der Waals surface area contributed by atoms with Crippen LogP contribution >= 0.6 is 11.6 Å². The van der Waals surface area contributed by atoms with Crippen molar-refractivity contribution in [2.45, 2.75) is 37.8 Å². The molecule has 7 nitrogen and oxygen atoms in total. The van der Waals surface area contributed by atoms with Crippen molar-refractivity contribution >= 4 is 23.3 Å². The highest BCUT2D eigenvalue weighted by Gasteiger charge is 2.25. The lowest BCUT2D eigenvalue weighted by Crippen LogP contribution is -2.41.